The van der Waals surface area contributed by atoms with E-state index in [-0.39, 0.29) is 11.5 Å². The molecule has 0 spiro atoms. The second kappa shape index (κ2) is 7.44. The number of hydrogen-bond donors (Lipinski definition) is 0. The number of halogens is 1. The first kappa shape index (κ1) is 17.7. The molecule has 0 aliphatic carbocycles. The monoisotopic (exact) mass is 353 g/mol. The van der Waals surface area contributed by atoms with Crippen molar-refractivity contribution in [3.63, 3.8) is 0 Å². The highest BCUT2D eigenvalue weighted by molar-refractivity contribution is 5.94. The van der Waals surface area contributed by atoms with Crippen LogP contribution in [-0.2, 0) is 6.54 Å². The van der Waals surface area contributed by atoms with Gasteiger partial charge in [0.2, 0.25) is 0 Å². The van der Waals surface area contributed by atoms with Crippen LogP contribution in [0.15, 0.2) is 54.6 Å². The van der Waals surface area contributed by atoms with Crippen LogP contribution >= 0.6 is 0 Å². The van der Waals surface area contributed by atoms with Gasteiger partial charge < -0.3 is 14.4 Å². The van der Waals surface area contributed by atoms with E-state index in [2.05, 4.69) is 0 Å². The minimum atomic E-state index is -0.591. The van der Waals surface area contributed by atoms with Gasteiger partial charge in [-0.2, -0.15) is 0 Å². The molecule has 0 fully saturated rings. The molecule has 5 heteroatoms. The quantitative estimate of drug-likeness (QED) is 0.688. The van der Waals surface area contributed by atoms with Crippen LogP contribution in [0.1, 0.15) is 15.9 Å². The lowest BCUT2D eigenvalue weighted by Gasteiger charge is -2.18. The Labute approximate surface area is 151 Å². The number of rotatable bonds is 5. The van der Waals surface area contributed by atoms with Gasteiger partial charge in [0.05, 0.1) is 19.8 Å². The average Bonchev–Trinajstić information content (AvgIpc) is 2.66. The van der Waals surface area contributed by atoms with Crippen LogP contribution in [0.2, 0.25) is 0 Å². The van der Waals surface area contributed by atoms with Crippen LogP contribution < -0.4 is 9.47 Å². The lowest BCUT2D eigenvalue weighted by molar-refractivity contribution is 0.0780. The van der Waals surface area contributed by atoms with Crippen molar-refractivity contribution in [1.29, 1.82) is 0 Å². The number of fused-ring (bicyclic) bond motifs is 1. The number of benzene rings is 3. The molecule has 0 aromatic heterocycles. The largest absolute Gasteiger partial charge is 0.497 e. The van der Waals surface area contributed by atoms with Gasteiger partial charge in [-0.05, 0) is 46.7 Å². The minimum Gasteiger partial charge on any atom is -0.497 e. The molecule has 0 atom stereocenters. The van der Waals surface area contributed by atoms with E-state index < -0.39 is 5.82 Å². The summed E-state index contributed by atoms with van der Waals surface area (Å²) < 4.78 is 24.3. The van der Waals surface area contributed by atoms with Crippen LogP contribution in [0.25, 0.3) is 10.8 Å². The zero-order valence-electron chi connectivity index (χ0n) is 15.0. The molecule has 0 unspecified atom stereocenters. The van der Waals surface area contributed by atoms with Gasteiger partial charge in [-0.25, -0.2) is 4.39 Å². The summed E-state index contributed by atoms with van der Waals surface area (Å²) in [6.07, 6.45) is 0. The van der Waals surface area contributed by atoms with Crippen molar-refractivity contribution in [2.75, 3.05) is 21.3 Å². The SMILES string of the molecule is COc1ccc(C(=O)N(C)Cc2ccc3cc(OC)ccc3c2)c(F)c1. The second-order valence-corrected chi connectivity index (χ2v) is 6.05. The molecule has 0 heterocycles. The van der Waals surface area contributed by atoms with Gasteiger partial charge in [0, 0.05) is 19.7 Å². The summed E-state index contributed by atoms with van der Waals surface area (Å²) in [6.45, 7) is 0.381. The highest BCUT2D eigenvalue weighted by Crippen LogP contribution is 2.23. The van der Waals surface area contributed by atoms with Crippen molar-refractivity contribution < 1.29 is 18.7 Å². The summed E-state index contributed by atoms with van der Waals surface area (Å²) in [5, 5.41) is 2.11. The lowest BCUT2D eigenvalue weighted by Crippen LogP contribution is -2.27. The third-order valence-electron chi connectivity index (χ3n) is 4.28. The Kier molecular flexibility index (Phi) is 5.07. The predicted octanol–water partition coefficient (Wildman–Crippen LogP) is 4.27. The Hall–Kier alpha value is -3.08. The second-order valence-electron chi connectivity index (χ2n) is 6.05. The Morgan fingerprint density at radius 3 is 2.23 bits per heavy atom. The summed E-state index contributed by atoms with van der Waals surface area (Å²) in [4.78, 5) is 14.0. The van der Waals surface area contributed by atoms with Gasteiger partial charge in [0.25, 0.3) is 5.91 Å². The molecule has 3 aromatic carbocycles. The molecule has 134 valence electrons. The van der Waals surface area contributed by atoms with Crippen LogP contribution in [-0.4, -0.2) is 32.1 Å². The molecule has 3 rings (SSSR count). The number of methoxy groups -OCH3 is 2. The Morgan fingerprint density at radius 1 is 0.923 bits per heavy atom. The first-order valence-corrected chi connectivity index (χ1v) is 8.17. The molecule has 0 bridgehead atoms. The van der Waals surface area contributed by atoms with Crippen molar-refractivity contribution >= 4 is 16.7 Å². The smallest absolute Gasteiger partial charge is 0.256 e. The zero-order valence-corrected chi connectivity index (χ0v) is 15.0. The molecule has 0 N–H and O–H groups in total. The molecular formula is C21H20FNO3. The molecule has 3 aromatic rings. The number of carbonyl (C=O) groups is 1. The summed E-state index contributed by atoms with van der Waals surface area (Å²) in [6, 6.07) is 16.0. The molecule has 0 saturated carbocycles. The van der Waals surface area contributed by atoms with Crippen LogP contribution in [0.5, 0.6) is 11.5 Å². The molecule has 26 heavy (non-hydrogen) atoms. The Bertz CT molecular complexity index is 955. The first-order valence-electron chi connectivity index (χ1n) is 8.17. The number of nitrogens with zero attached hydrogens (tertiary/aromatic N) is 1. The van der Waals surface area contributed by atoms with E-state index in [4.69, 9.17) is 9.47 Å². The van der Waals surface area contributed by atoms with Crippen molar-refractivity contribution in [1.82, 2.24) is 4.90 Å². The Morgan fingerprint density at radius 2 is 1.54 bits per heavy atom. The fourth-order valence-corrected chi connectivity index (χ4v) is 2.85. The maximum atomic E-state index is 14.1. The van der Waals surface area contributed by atoms with Crippen LogP contribution in [0, 0.1) is 5.82 Å². The molecule has 0 radical (unpaired) electrons. The highest BCUT2D eigenvalue weighted by Gasteiger charge is 2.17. The Balaban J connectivity index is 1.79. The maximum absolute atomic E-state index is 14.1. The van der Waals surface area contributed by atoms with Gasteiger partial charge in [-0.1, -0.05) is 18.2 Å². The van der Waals surface area contributed by atoms with Crippen molar-refractivity contribution in [3.05, 3.63) is 71.5 Å². The van der Waals surface area contributed by atoms with E-state index in [1.54, 1.807) is 20.2 Å². The van der Waals surface area contributed by atoms with Gasteiger partial charge in [-0.3, -0.25) is 4.79 Å². The molecule has 0 saturated heterocycles. The fourth-order valence-electron chi connectivity index (χ4n) is 2.85. The fraction of sp³-hybridized carbons (Fsp3) is 0.190. The zero-order chi connectivity index (χ0) is 18.7. The van der Waals surface area contributed by atoms with E-state index in [1.807, 2.05) is 36.4 Å². The number of carbonyl (C=O) groups excluding carboxylic acids is 1. The van der Waals surface area contributed by atoms with Gasteiger partial charge in [-0.15, -0.1) is 0 Å². The van der Waals surface area contributed by atoms with E-state index in [9.17, 15) is 9.18 Å². The summed E-state index contributed by atoms with van der Waals surface area (Å²) >= 11 is 0. The minimum absolute atomic E-state index is 0.0267. The molecule has 1 amide bonds. The van der Waals surface area contributed by atoms with E-state index in [0.29, 0.717) is 12.3 Å². The van der Waals surface area contributed by atoms with E-state index in [0.717, 1.165) is 22.1 Å². The third-order valence-corrected chi connectivity index (χ3v) is 4.28. The van der Waals surface area contributed by atoms with Crippen molar-refractivity contribution in [2.24, 2.45) is 0 Å². The number of amides is 1. The summed E-state index contributed by atoms with van der Waals surface area (Å²) in [5.74, 6) is 0.214. The lowest BCUT2D eigenvalue weighted by atomic mass is 10.1. The number of hydrogen-bond acceptors (Lipinski definition) is 3. The molecule has 0 aliphatic heterocycles. The van der Waals surface area contributed by atoms with Gasteiger partial charge >= 0.3 is 0 Å². The van der Waals surface area contributed by atoms with E-state index in [1.165, 1.54) is 24.1 Å². The van der Waals surface area contributed by atoms with Gasteiger partial charge in [0.1, 0.15) is 17.3 Å². The molecule has 0 aliphatic rings. The summed E-state index contributed by atoms with van der Waals surface area (Å²) in [7, 11) is 4.75. The normalized spacial score (nSPS) is 10.6. The van der Waals surface area contributed by atoms with Crippen LogP contribution in [0.3, 0.4) is 0 Å². The van der Waals surface area contributed by atoms with Crippen LogP contribution in [0.4, 0.5) is 4.39 Å². The molecular weight excluding hydrogens is 333 g/mol. The first-order chi connectivity index (χ1) is 12.5. The van der Waals surface area contributed by atoms with Crippen molar-refractivity contribution in [3.8, 4) is 11.5 Å². The maximum Gasteiger partial charge on any atom is 0.256 e. The average molecular weight is 353 g/mol. The topological polar surface area (TPSA) is 38.8 Å². The summed E-state index contributed by atoms with van der Waals surface area (Å²) in [5.41, 5.74) is 0.992. The predicted molar refractivity (Wildman–Crippen MR) is 99.2 cm³/mol. The molecule has 4 nitrogen and oxygen atoms in total. The third kappa shape index (κ3) is 3.61. The van der Waals surface area contributed by atoms with Gasteiger partial charge in [0.15, 0.2) is 0 Å². The number of ether oxygens (including phenoxy) is 2. The van der Waals surface area contributed by atoms with E-state index >= 15 is 0 Å². The standard InChI is InChI=1S/C21H20FNO3/c1-23(21(24)19-9-8-18(26-3)12-20(19)22)13-14-4-5-16-11-17(25-2)7-6-15(16)10-14/h4-12H,13H2,1-3H3. The highest BCUT2D eigenvalue weighted by atomic mass is 19.1. The van der Waals surface area contributed by atoms with Crippen molar-refractivity contribution in [2.45, 2.75) is 6.54 Å².